The van der Waals surface area contributed by atoms with Crippen LogP contribution in [0.25, 0.3) is 0 Å². The van der Waals surface area contributed by atoms with Crippen molar-refractivity contribution in [3.05, 3.63) is 34.9 Å². The molecule has 25 heavy (non-hydrogen) atoms. The fourth-order valence-corrected chi connectivity index (χ4v) is 4.37. The van der Waals surface area contributed by atoms with Crippen LogP contribution in [0.2, 0.25) is 5.02 Å². The van der Waals surface area contributed by atoms with Crippen LogP contribution < -0.4 is 11.5 Å². The lowest BCUT2D eigenvalue weighted by molar-refractivity contribution is -0.151. The highest BCUT2D eigenvalue weighted by molar-refractivity contribution is 6.30. The van der Waals surface area contributed by atoms with Gasteiger partial charge < -0.3 is 16.4 Å². The first-order chi connectivity index (χ1) is 11.9. The van der Waals surface area contributed by atoms with Crippen LogP contribution in [0.3, 0.4) is 0 Å². The lowest BCUT2D eigenvalue weighted by atomic mass is 9.62. The van der Waals surface area contributed by atoms with E-state index in [1.807, 2.05) is 12.1 Å². The molecule has 2 amide bonds. The van der Waals surface area contributed by atoms with Crippen molar-refractivity contribution in [3.8, 4) is 0 Å². The minimum Gasteiger partial charge on any atom is -0.369 e. The zero-order chi connectivity index (χ0) is 18.0. The summed E-state index contributed by atoms with van der Waals surface area (Å²) < 4.78 is 0. The normalized spacial score (nSPS) is 21.4. The fraction of sp³-hybridized carbons (Fsp3) is 0.579. The number of rotatable bonds is 5. The van der Waals surface area contributed by atoms with E-state index in [2.05, 4.69) is 0 Å². The minimum atomic E-state index is -0.571. The number of likely N-dealkylation sites (tertiary alicyclic amines) is 1. The Bertz CT molecular complexity index is 635. The van der Waals surface area contributed by atoms with Gasteiger partial charge in [0.25, 0.3) is 0 Å². The van der Waals surface area contributed by atoms with Gasteiger partial charge in [-0.25, -0.2) is 0 Å². The summed E-state index contributed by atoms with van der Waals surface area (Å²) in [6.45, 7) is 1.19. The molecule has 1 aromatic rings. The van der Waals surface area contributed by atoms with Crippen molar-refractivity contribution >= 4 is 23.4 Å². The van der Waals surface area contributed by atoms with Crippen molar-refractivity contribution in [1.82, 2.24) is 4.90 Å². The van der Waals surface area contributed by atoms with Gasteiger partial charge in [-0.05, 0) is 37.0 Å². The largest absolute Gasteiger partial charge is 0.369 e. The summed E-state index contributed by atoms with van der Waals surface area (Å²) in [5.41, 5.74) is 12.4. The van der Waals surface area contributed by atoms with Crippen LogP contribution in [-0.2, 0) is 16.0 Å². The molecule has 1 atom stereocenters. The Balaban J connectivity index is 1.56. The molecule has 1 saturated carbocycles. The highest BCUT2D eigenvalue weighted by Crippen LogP contribution is 2.46. The molecule has 3 rings (SSSR count). The van der Waals surface area contributed by atoms with Crippen molar-refractivity contribution in [2.24, 2.45) is 22.8 Å². The van der Waals surface area contributed by atoms with Gasteiger partial charge in [-0.2, -0.15) is 0 Å². The minimum absolute atomic E-state index is 0.0540. The predicted octanol–water partition coefficient (Wildman–Crippen LogP) is 2.10. The zero-order valence-corrected chi connectivity index (χ0v) is 15.2. The van der Waals surface area contributed by atoms with E-state index in [1.54, 1.807) is 17.0 Å². The average molecular weight is 364 g/mol. The number of halogens is 1. The van der Waals surface area contributed by atoms with Gasteiger partial charge in [-0.3, -0.25) is 9.59 Å². The van der Waals surface area contributed by atoms with E-state index < -0.39 is 11.5 Å². The number of hydrogen-bond acceptors (Lipinski definition) is 3. The first-order valence-corrected chi connectivity index (χ1v) is 9.39. The second-order valence-electron chi connectivity index (χ2n) is 7.46. The Kier molecular flexibility index (Phi) is 5.35. The number of benzene rings is 1. The third-order valence-corrected chi connectivity index (χ3v) is 6.15. The van der Waals surface area contributed by atoms with Gasteiger partial charge in [0, 0.05) is 24.0 Å². The number of hydrogen-bond donors (Lipinski definition) is 2. The Hall–Kier alpha value is -1.59. The van der Waals surface area contributed by atoms with E-state index in [-0.39, 0.29) is 17.7 Å². The first-order valence-electron chi connectivity index (χ1n) is 9.01. The molecule has 136 valence electrons. The Morgan fingerprint density at radius 3 is 2.32 bits per heavy atom. The van der Waals surface area contributed by atoms with E-state index in [0.717, 1.165) is 37.7 Å². The molecular formula is C19H26ClN3O2. The van der Waals surface area contributed by atoms with Gasteiger partial charge in [0.05, 0.1) is 11.5 Å². The number of primary amides is 1. The van der Waals surface area contributed by atoms with Crippen LogP contribution in [0.4, 0.5) is 0 Å². The van der Waals surface area contributed by atoms with Gasteiger partial charge in [-0.15, -0.1) is 0 Å². The standard InChI is InChI=1S/C19H26ClN3O2/c20-15-6-4-13(5-7-15)10-16(21)17(24)23-11-14(12-23)19(18(22)25)8-2-1-3-9-19/h4-7,14,16H,1-3,8-12,21H2,(H2,22,25). The molecule has 2 fully saturated rings. The summed E-state index contributed by atoms with van der Waals surface area (Å²) >= 11 is 5.88. The van der Waals surface area contributed by atoms with E-state index in [9.17, 15) is 9.59 Å². The van der Waals surface area contributed by atoms with Gasteiger partial charge in [0.15, 0.2) is 0 Å². The summed E-state index contributed by atoms with van der Waals surface area (Å²) in [7, 11) is 0. The molecule has 1 aliphatic heterocycles. The summed E-state index contributed by atoms with van der Waals surface area (Å²) in [4.78, 5) is 26.4. The molecule has 4 N–H and O–H groups in total. The number of carbonyl (C=O) groups is 2. The van der Waals surface area contributed by atoms with Crippen LogP contribution >= 0.6 is 11.6 Å². The fourth-order valence-electron chi connectivity index (χ4n) is 4.24. The summed E-state index contributed by atoms with van der Waals surface area (Å²) in [5.74, 6) is -0.0756. The first kappa shape index (κ1) is 18.2. The highest BCUT2D eigenvalue weighted by Gasteiger charge is 2.50. The van der Waals surface area contributed by atoms with Crippen molar-refractivity contribution in [1.29, 1.82) is 0 Å². The van der Waals surface area contributed by atoms with Gasteiger partial charge in [0.1, 0.15) is 0 Å². The number of nitrogens with two attached hydrogens (primary N) is 2. The molecule has 0 spiro atoms. The topological polar surface area (TPSA) is 89.4 Å². The maximum absolute atomic E-state index is 12.6. The highest BCUT2D eigenvalue weighted by atomic mass is 35.5. The van der Waals surface area contributed by atoms with Crippen LogP contribution in [0.5, 0.6) is 0 Å². The van der Waals surface area contributed by atoms with E-state index in [0.29, 0.717) is 24.5 Å². The van der Waals surface area contributed by atoms with Crippen LogP contribution in [0.15, 0.2) is 24.3 Å². The van der Waals surface area contributed by atoms with Crippen LogP contribution in [-0.4, -0.2) is 35.8 Å². The molecule has 1 aliphatic carbocycles. The smallest absolute Gasteiger partial charge is 0.239 e. The number of nitrogens with zero attached hydrogens (tertiary/aromatic N) is 1. The van der Waals surface area contributed by atoms with Crippen LogP contribution in [0.1, 0.15) is 37.7 Å². The second-order valence-corrected chi connectivity index (χ2v) is 7.89. The van der Waals surface area contributed by atoms with E-state index in [4.69, 9.17) is 23.1 Å². The Labute approximate surface area is 153 Å². The number of amides is 2. The van der Waals surface area contributed by atoms with Crippen molar-refractivity contribution in [3.63, 3.8) is 0 Å². The molecule has 1 unspecified atom stereocenters. The third kappa shape index (κ3) is 3.67. The maximum atomic E-state index is 12.6. The third-order valence-electron chi connectivity index (χ3n) is 5.90. The average Bonchev–Trinajstić information content (AvgIpc) is 2.56. The molecule has 6 heteroatoms. The van der Waals surface area contributed by atoms with Gasteiger partial charge in [0.2, 0.25) is 11.8 Å². The van der Waals surface area contributed by atoms with Crippen molar-refractivity contribution in [2.45, 2.75) is 44.6 Å². The zero-order valence-electron chi connectivity index (χ0n) is 14.4. The van der Waals surface area contributed by atoms with Gasteiger partial charge >= 0.3 is 0 Å². The Morgan fingerprint density at radius 1 is 1.16 bits per heavy atom. The maximum Gasteiger partial charge on any atom is 0.239 e. The predicted molar refractivity (Wildman–Crippen MR) is 97.9 cm³/mol. The summed E-state index contributed by atoms with van der Waals surface area (Å²) in [5, 5.41) is 0.665. The molecule has 2 aliphatic rings. The lowest BCUT2D eigenvalue weighted by Crippen LogP contribution is -2.63. The molecular weight excluding hydrogens is 338 g/mol. The number of carbonyl (C=O) groups excluding carboxylic acids is 2. The molecule has 1 heterocycles. The second kappa shape index (κ2) is 7.34. The molecule has 0 radical (unpaired) electrons. The molecule has 0 aromatic heterocycles. The summed E-state index contributed by atoms with van der Waals surface area (Å²) in [6, 6.07) is 6.80. The van der Waals surface area contributed by atoms with Crippen LogP contribution in [0, 0.1) is 11.3 Å². The quantitative estimate of drug-likeness (QED) is 0.839. The van der Waals surface area contributed by atoms with E-state index >= 15 is 0 Å². The monoisotopic (exact) mass is 363 g/mol. The molecule has 5 nitrogen and oxygen atoms in total. The van der Waals surface area contributed by atoms with Gasteiger partial charge in [-0.1, -0.05) is 43.0 Å². The molecule has 0 bridgehead atoms. The van der Waals surface area contributed by atoms with Crippen molar-refractivity contribution < 1.29 is 9.59 Å². The summed E-state index contributed by atoms with van der Waals surface area (Å²) in [6.07, 6.45) is 5.44. The SMILES string of the molecule is NC(=O)C1(C2CN(C(=O)C(N)Cc3ccc(Cl)cc3)C2)CCCCC1. The van der Waals surface area contributed by atoms with E-state index in [1.165, 1.54) is 0 Å². The molecule has 1 saturated heterocycles. The molecule has 1 aromatic carbocycles. The lowest BCUT2D eigenvalue weighted by Gasteiger charge is -2.51. The Morgan fingerprint density at radius 2 is 1.76 bits per heavy atom. The van der Waals surface area contributed by atoms with Crippen molar-refractivity contribution in [2.75, 3.05) is 13.1 Å².